The van der Waals surface area contributed by atoms with E-state index in [-0.39, 0.29) is 11.9 Å². The molecule has 0 saturated carbocycles. The van der Waals surface area contributed by atoms with Crippen LogP contribution in [-0.2, 0) is 20.8 Å². The molecule has 0 unspecified atom stereocenters. The molecule has 1 rings (SSSR count). The maximum Gasteiger partial charge on any atom is 0.373 e. The molecule has 0 aromatic heterocycles. The number of rotatable bonds is 7. The number of thioether (sulfide) groups is 1. The SMILES string of the molecule is NCCSCC(=O)Cc1ccc([As](O)O)cc1.O=C=O. The monoisotopic (exact) mass is 361 g/mol. The molecule has 8 heteroatoms. The summed E-state index contributed by atoms with van der Waals surface area (Å²) in [5.74, 6) is 1.45. The van der Waals surface area contributed by atoms with Gasteiger partial charge in [-0.3, -0.25) is 0 Å². The first-order valence-electron chi connectivity index (χ1n) is 5.60. The van der Waals surface area contributed by atoms with E-state index >= 15 is 0 Å². The van der Waals surface area contributed by atoms with Gasteiger partial charge in [0.15, 0.2) is 0 Å². The fraction of sp³-hybridized carbons (Fsp3) is 0.333. The Morgan fingerprint density at radius 1 is 1.25 bits per heavy atom. The maximum atomic E-state index is 11.6. The average Bonchev–Trinajstić information content (AvgIpc) is 2.40. The Labute approximate surface area is 126 Å². The Balaban J connectivity index is 0.00000110. The molecule has 0 aliphatic carbocycles. The number of carbonyl (C=O) groups is 1. The molecule has 4 N–H and O–H groups in total. The fourth-order valence-corrected chi connectivity index (χ4v) is 2.81. The van der Waals surface area contributed by atoms with Gasteiger partial charge in [0, 0.05) is 0 Å². The Morgan fingerprint density at radius 2 is 1.80 bits per heavy atom. The van der Waals surface area contributed by atoms with E-state index in [0.29, 0.717) is 23.1 Å². The number of carbonyl (C=O) groups excluding carboxylic acids is 3. The summed E-state index contributed by atoms with van der Waals surface area (Å²) in [6.45, 7) is 0.589. The van der Waals surface area contributed by atoms with E-state index in [1.807, 2.05) is 0 Å². The van der Waals surface area contributed by atoms with Gasteiger partial charge in [0.1, 0.15) is 0 Å². The van der Waals surface area contributed by atoms with Crippen LogP contribution in [0, 0.1) is 0 Å². The van der Waals surface area contributed by atoms with E-state index in [1.165, 1.54) is 0 Å². The van der Waals surface area contributed by atoms with Crippen molar-refractivity contribution < 1.29 is 22.6 Å². The second-order valence-electron chi connectivity index (χ2n) is 3.60. The summed E-state index contributed by atoms with van der Waals surface area (Å²) >= 11 is -1.23. The van der Waals surface area contributed by atoms with Gasteiger partial charge >= 0.3 is 116 Å². The topological polar surface area (TPSA) is 118 Å². The predicted octanol–water partition coefficient (Wildman–Crippen LogP) is -1.41. The molecule has 0 amide bonds. The maximum absolute atomic E-state index is 11.6. The van der Waals surface area contributed by atoms with Crippen molar-refractivity contribution in [3.8, 4) is 0 Å². The van der Waals surface area contributed by atoms with Gasteiger partial charge in [-0.2, -0.15) is 9.59 Å². The Morgan fingerprint density at radius 3 is 2.25 bits per heavy atom. The van der Waals surface area contributed by atoms with Crippen molar-refractivity contribution in [1.29, 1.82) is 0 Å². The van der Waals surface area contributed by atoms with E-state index in [0.717, 1.165) is 11.3 Å². The molecule has 0 bridgehead atoms. The molecule has 1 aromatic carbocycles. The molecule has 0 fully saturated rings. The summed E-state index contributed by atoms with van der Waals surface area (Å²) in [4.78, 5) is 27.8. The smallest absolute Gasteiger partial charge is 0.186 e. The summed E-state index contributed by atoms with van der Waals surface area (Å²) < 4.78 is 18.7. The minimum atomic E-state index is -2.77. The first-order chi connectivity index (χ1) is 9.54. The van der Waals surface area contributed by atoms with Gasteiger partial charge < -0.3 is 0 Å². The van der Waals surface area contributed by atoms with Crippen molar-refractivity contribution in [1.82, 2.24) is 0 Å². The molecule has 0 heterocycles. The summed E-state index contributed by atoms with van der Waals surface area (Å²) in [6.07, 6.45) is 0.641. The second-order valence-corrected chi connectivity index (χ2v) is 7.00. The van der Waals surface area contributed by atoms with Crippen LogP contribution in [0.4, 0.5) is 0 Å². The van der Waals surface area contributed by atoms with Gasteiger partial charge in [0.05, 0.1) is 0 Å². The number of Topliss-reactive ketones (excluding diaryl/α,β-unsaturated/α-hetero) is 1. The van der Waals surface area contributed by atoms with Gasteiger partial charge in [-0.05, 0) is 0 Å². The van der Waals surface area contributed by atoms with Crippen LogP contribution < -0.4 is 10.1 Å². The van der Waals surface area contributed by atoms with Crippen molar-refractivity contribution in [3.05, 3.63) is 29.8 Å². The average molecular weight is 361 g/mol. The van der Waals surface area contributed by atoms with E-state index < -0.39 is 15.3 Å². The van der Waals surface area contributed by atoms with Crippen LogP contribution in [0.15, 0.2) is 24.3 Å². The van der Waals surface area contributed by atoms with Crippen molar-refractivity contribution in [3.63, 3.8) is 0 Å². The first kappa shape index (κ1) is 19.1. The van der Waals surface area contributed by atoms with E-state index in [4.69, 9.17) is 23.5 Å². The van der Waals surface area contributed by atoms with Crippen LogP contribution in [0.1, 0.15) is 5.56 Å². The third-order valence-corrected chi connectivity index (χ3v) is 4.74. The molecular formula is C12H16AsNO5S. The van der Waals surface area contributed by atoms with Gasteiger partial charge in [-0.25, -0.2) is 0 Å². The summed E-state index contributed by atoms with van der Waals surface area (Å²) in [5.41, 5.74) is 6.24. The normalized spacial score (nSPS) is 9.60. The fourth-order valence-electron chi connectivity index (χ4n) is 1.30. The molecule has 1 aromatic rings. The van der Waals surface area contributed by atoms with E-state index in [1.54, 1.807) is 36.0 Å². The zero-order valence-corrected chi connectivity index (χ0v) is 13.4. The largest absolute Gasteiger partial charge is 0.373 e. The Hall–Kier alpha value is -0.942. The summed E-state index contributed by atoms with van der Waals surface area (Å²) in [5, 5.41) is 0. The number of hydrogen-bond acceptors (Lipinski definition) is 7. The summed E-state index contributed by atoms with van der Waals surface area (Å²) in [6, 6.07) is 6.90. The van der Waals surface area contributed by atoms with Crippen LogP contribution in [0.3, 0.4) is 0 Å². The van der Waals surface area contributed by atoms with Crippen LogP contribution in [0.25, 0.3) is 0 Å². The van der Waals surface area contributed by atoms with E-state index in [9.17, 15) is 4.79 Å². The zero-order valence-electron chi connectivity index (χ0n) is 10.7. The van der Waals surface area contributed by atoms with Gasteiger partial charge in [0.2, 0.25) is 0 Å². The quantitative estimate of drug-likeness (QED) is 0.403. The minimum absolute atomic E-state index is 0.165. The molecule has 0 radical (unpaired) electrons. The predicted molar refractivity (Wildman–Crippen MR) is 76.4 cm³/mol. The molecule has 110 valence electrons. The van der Waals surface area contributed by atoms with Crippen LogP contribution in [0.2, 0.25) is 0 Å². The van der Waals surface area contributed by atoms with Gasteiger partial charge in [0.25, 0.3) is 0 Å². The molecule has 0 saturated heterocycles. The first-order valence-corrected chi connectivity index (χ1v) is 9.38. The van der Waals surface area contributed by atoms with E-state index in [2.05, 4.69) is 0 Å². The number of benzene rings is 1. The third kappa shape index (κ3) is 9.04. The molecule has 0 spiro atoms. The molecule has 6 nitrogen and oxygen atoms in total. The van der Waals surface area contributed by atoms with Crippen LogP contribution >= 0.6 is 11.8 Å². The molecule has 0 aliphatic rings. The van der Waals surface area contributed by atoms with Gasteiger partial charge in [-0.1, -0.05) is 0 Å². The van der Waals surface area contributed by atoms with Crippen molar-refractivity contribution in [2.24, 2.45) is 5.73 Å². The molecule has 20 heavy (non-hydrogen) atoms. The van der Waals surface area contributed by atoms with Crippen LogP contribution in [-0.4, -0.2) is 53.5 Å². The number of nitrogens with two attached hydrogens (primary N) is 1. The second kappa shape index (κ2) is 11.8. The Bertz CT molecular complexity index is 432. The van der Waals surface area contributed by atoms with Crippen molar-refractivity contribution >= 4 is 43.4 Å². The van der Waals surface area contributed by atoms with Gasteiger partial charge in [-0.15, -0.1) is 0 Å². The standard InChI is InChI=1S/C11H16AsNO3S.CO2/c13-5-6-17-8-11(14)7-9-1-3-10(4-2-9)12(15)16;2-1-3/h1-4,15-16H,5-8,13H2;. The Kier molecular flexibility index (Phi) is 11.3. The summed E-state index contributed by atoms with van der Waals surface area (Å²) in [7, 11) is 0. The van der Waals surface area contributed by atoms with Crippen molar-refractivity contribution in [2.45, 2.75) is 6.42 Å². The van der Waals surface area contributed by atoms with Crippen LogP contribution in [0.5, 0.6) is 0 Å². The number of ketones is 1. The minimum Gasteiger partial charge on any atom is -0.186 e. The molecule has 0 atom stereocenters. The zero-order chi connectivity index (χ0) is 15.4. The molecule has 0 aliphatic heterocycles. The molecular weight excluding hydrogens is 345 g/mol. The third-order valence-electron chi connectivity index (χ3n) is 2.09. The number of hydrogen-bond donors (Lipinski definition) is 3. The van der Waals surface area contributed by atoms with Crippen molar-refractivity contribution in [2.75, 3.05) is 18.1 Å².